The highest BCUT2D eigenvalue weighted by atomic mass is 35.5. The zero-order chi connectivity index (χ0) is 16.4. The molecule has 1 aromatic carbocycles. The van der Waals surface area contributed by atoms with E-state index in [-0.39, 0.29) is 23.7 Å². The SMILES string of the molecule is CC(C)(C)c1noc(-c2ccccc2C(=O)NCC2CNC2)n1.Cl. The van der Waals surface area contributed by atoms with Crippen molar-refractivity contribution in [3.63, 3.8) is 0 Å². The zero-order valence-electron chi connectivity index (χ0n) is 14.1. The number of carbonyl (C=O) groups is 1. The summed E-state index contributed by atoms with van der Waals surface area (Å²) in [5.74, 6) is 1.42. The fourth-order valence-corrected chi connectivity index (χ4v) is 2.33. The third-order valence-corrected chi connectivity index (χ3v) is 3.92. The summed E-state index contributed by atoms with van der Waals surface area (Å²) in [6.07, 6.45) is 0. The van der Waals surface area contributed by atoms with Crippen LogP contribution in [0.4, 0.5) is 0 Å². The topological polar surface area (TPSA) is 80.0 Å². The van der Waals surface area contributed by atoms with Gasteiger partial charge in [-0.15, -0.1) is 12.4 Å². The van der Waals surface area contributed by atoms with Gasteiger partial charge in [0.2, 0.25) is 0 Å². The summed E-state index contributed by atoms with van der Waals surface area (Å²) in [7, 11) is 0. The molecule has 1 aliphatic rings. The summed E-state index contributed by atoms with van der Waals surface area (Å²) in [6, 6.07) is 7.32. The monoisotopic (exact) mass is 350 g/mol. The molecule has 1 fully saturated rings. The number of nitrogens with zero attached hydrogens (tertiary/aromatic N) is 2. The molecule has 1 amide bonds. The molecule has 0 bridgehead atoms. The summed E-state index contributed by atoms with van der Waals surface area (Å²) >= 11 is 0. The van der Waals surface area contributed by atoms with Crippen LogP contribution in [0.3, 0.4) is 0 Å². The Kier molecular flexibility index (Phi) is 5.62. The van der Waals surface area contributed by atoms with E-state index >= 15 is 0 Å². The molecule has 0 atom stereocenters. The summed E-state index contributed by atoms with van der Waals surface area (Å²) < 4.78 is 5.37. The highest BCUT2D eigenvalue weighted by molar-refractivity contribution is 5.99. The van der Waals surface area contributed by atoms with Crippen LogP contribution in [0.25, 0.3) is 11.5 Å². The van der Waals surface area contributed by atoms with Crippen molar-refractivity contribution in [3.8, 4) is 11.5 Å². The van der Waals surface area contributed by atoms with Gasteiger partial charge in [-0.2, -0.15) is 4.98 Å². The van der Waals surface area contributed by atoms with Gasteiger partial charge in [-0.25, -0.2) is 0 Å². The second-order valence-electron chi connectivity index (χ2n) is 6.95. The largest absolute Gasteiger partial charge is 0.352 e. The number of amides is 1. The average Bonchev–Trinajstić information content (AvgIpc) is 2.95. The molecule has 130 valence electrons. The molecule has 0 unspecified atom stereocenters. The first kappa shape index (κ1) is 18.4. The number of benzene rings is 1. The maximum Gasteiger partial charge on any atom is 0.258 e. The Labute approximate surface area is 147 Å². The van der Waals surface area contributed by atoms with E-state index < -0.39 is 0 Å². The van der Waals surface area contributed by atoms with Gasteiger partial charge in [-0.3, -0.25) is 4.79 Å². The van der Waals surface area contributed by atoms with Crippen molar-refractivity contribution in [2.45, 2.75) is 26.2 Å². The molecule has 1 saturated heterocycles. The van der Waals surface area contributed by atoms with E-state index in [1.165, 1.54) is 0 Å². The second kappa shape index (κ2) is 7.32. The first-order valence-electron chi connectivity index (χ1n) is 7.87. The molecule has 3 rings (SSSR count). The van der Waals surface area contributed by atoms with Gasteiger partial charge < -0.3 is 15.2 Å². The molecular formula is C17H23ClN4O2. The molecule has 7 heteroatoms. The molecule has 0 radical (unpaired) electrons. The number of nitrogens with one attached hydrogen (secondary N) is 2. The minimum Gasteiger partial charge on any atom is -0.352 e. The van der Waals surface area contributed by atoms with E-state index in [0.29, 0.717) is 35.3 Å². The van der Waals surface area contributed by atoms with Gasteiger partial charge in [-0.1, -0.05) is 38.1 Å². The van der Waals surface area contributed by atoms with Crippen LogP contribution in [-0.4, -0.2) is 35.7 Å². The first-order valence-corrected chi connectivity index (χ1v) is 7.87. The highest BCUT2D eigenvalue weighted by Gasteiger charge is 2.24. The van der Waals surface area contributed by atoms with E-state index in [2.05, 4.69) is 20.8 Å². The van der Waals surface area contributed by atoms with Crippen LogP contribution in [0.5, 0.6) is 0 Å². The Morgan fingerprint density at radius 3 is 2.62 bits per heavy atom. The molecule has 2 N–H and O–H groups in total. The van der Waals surface area contributed by atoms with E-state index in [0.717, 1.165) is 13.1 Å². The number of rotatable bonds is 4. The van der Waals surface area contributed by atoms with Crippen molar-refractivity contribution in [2.24, 2.45) is 5.92 Å². The maximum atomic E-state index is 12.5. The van der Waals surface area contributed by atoms with Crippen LogP contribution in [0.1, 0.15) is 37.0 Å². The van der Waals surface area contributed by atoms with Gasteiger partial charge in [-0.05, 0) is 12.1 Å². The van der Waals surface area contributed by atoms with Crippen LogP contribution < -0.4 is 10.6 Å². The fraction of sp³-hybridized carbons (Fsp3) is 0.471. The van der Waals surface area contributed by atoms with Crippen LogP contribution in [-0.2, 0) is 5.41 Å². The lowest BCUT2D eigenvalue weighted by atomic mass is 9.96. The molecular weight excluding hydrogens is 328 g/mol. The second-order valence-corrected chi connectivity index (χ2v) is 6.95. The molecule has 1 aliphatic heterocycles. The smallest absolute Gasteiger partial charge is 0.258 e. The fourth-order valence-electron chi connectivity index (χ4n) is 2.33. The van der Waals surface area contributed by atoms with E-state index in [9.17, 15) is 4.79 Å². The van der Waals surface area contributed by atoms with Gasteiger partial charge in [0.05, 0.1) is 11.1 Å². The Morgan fingerprint density at radius 2 is 2.04 bits per heavy atom. The molecule has 2 aromatic rings. The van der Waals surface area contributed by atoms with Crippen molar-refractivity contribution in [3.05, 3.63) is 35.7 Å². The van der Waals surface area contributed by atoms with E-state index in [1.807, 2.05) is 39.0 Å². The number of halogens is 1. The lowest BCUT2D eigenvalue weighted by Crippen LogP contribution is -2.48. The number of hydrogen-bond donors (Lipinski definition) is 2. The standard InChI is InChI=1S/C17H22N4O2.ClH/c1-17(2,3)16-20-15(23-21-16)13-7-5-4-6-12(13)14(22)19-10-11-8-18-9-11;/h4-7,11,18H,8-10H2,1-3H3,(H,19,22);1H. The molecule has 1 aromatic heterocycles. The lowest BCUT2D eigenvalue weighted by molar-refractivity contribution is 0.0942. The van der Waals surface area contributed by atoms with Crippen LogP contribution in [0.15, 0.2) is 28.8 Å². The Balaban J connectivity index is 0.00000208. The van der Waals surface area contributed by atoms with Crippen molar-refractivity contribution < 1.29 is 9.32 Å². The highest BCUT2D eigenvalue weighted by Crippen LogP contribution is 2.26. The predicted octanol–water partition coefficient (Wildman–Crippen LogP) is 2.41. The average molecular weight is 351 g/mol. The van der Waals surface area contributed by atoms with Crippen molar-refractivity contribution in [2.75, 3.05) is 19.6 Å². The first-order chi connectivity index (χ1) is 10.9. The number of hydrogen-bond acceptors (Lipinski definition) is 5. The Morgan fingerprint density at radius 1 is 1.33 bits per heavy atom. The number of aromatic nitrogens is 2. The van der Waals surface area contributed by atoms with Crippen molar-refractivity contribution in [1.82, 2.24) is 20.8 Å². The van der Waals surface area contributed by atoms with Gasteiger partial charge in [0.15, 0.2) is 5.82 Å². The predicted molar refractivity (Wildman–Crippen MR) is 94.4 cm³/mol. The zero-order valence-corrected chi connectivity index (χ0v) is 14.9. The Bertz CT molecular complexity index is 705. The van der Waals surface area contributed by atoms with E-state index in [1.54, 1.807) is 6.07 Å². The lowest BCUT2D eigenvalue weighted by Gasteiger charge is -2.27. The normalized spacial score (nSPS) is 14.6. The molecule has 6 nitrogen and oxygen atoms in total. The minimum absolute atomic E-state index is 0. The number of carbonyl (C=O) groups excluding carboxylic acids is 1. The molecule has 2 heterocycles. The van der Waals surface area contributed by atoms with Gasteiger partial charge in [0, 0.05) is 31.0 Å². The van der Waals surface area contributed by atoms with Crippen LogP contribution >= 0.6 is 12.4 Å². The maximum absolute atomic E-state index is 12.5. The molecule has 0 spiro atoms. The summed E-state index contributed by atoms with van der Waals surface area (Å²) in [6.45, 7) is 8.66. The van der Waals surface area contributed by atoms with Crippen LogP contribution in [0.2, 0.25) is 0 Å². The van der Waals surface area contributed by atoms with Crippen LogP contribution in [0, 0.1) is 5.92 Å². The quantitative estimate of drug-likeness (QED) is 0.885. The van der Waals surface area contributed by atoms with Crippen molar-refractivity contribution in [1.29, 1.82) is 0 Å². The molecule has 0 aliphatic carbocycles. The molecule has 0 saturated carbocycles. The summed E-state index contributed by atoms with van der Waals surface area (Å²) in [5.41, 5.74) is 1.03. The molecule has 24 heavy (non-hydrogen) atoms. The third kappa shape index (κ3) is 3.94. The van der Waals surface area contributed by atoms with Gasteiger partial charge >= 0.3 is 0 Å². The van der Waals surface area contributed by atoms with E-state index in [4.69, 9.17) is 4.52 Å². The Hall–Kier alpha value is -1.92. The summed E-state index contributed by atoms with van der Waals surface area (Å²) in [5, 5.41) is 10.2. The van der Waals surface area contributed by atoms with Gasteiger partial charge in [0.1, 0.15) is 0 Å². The third-order valence-electron chi connectivity index (χ3n) is 3.92. The van der Waals surface area contributed by atoms with Gasteiger partial charge in [0.25, 0.3) is 11.8 Å². The summed E-state index contributed by atoms with van der Waals surface area (Å²) in [4.78, 5) is 16.9. The minimum atomic E-state index is -0.198. The van der Waals surface area contributed by atoms with Crippen molar-refractivity contribution >= 4 is 18.3 Å².